The van der Waals surface area contributed by atoms with Gasteiger partial charge in [0, 0.05) is 37.0 Å². The number of carbonyl (C=O) groups is 2. The predicted octanol–water partition coefficient (Wildman–Crippen LogP) is 6.65. The summed E-state index contributed by atoms with van der Waals surface area (Å²) in [6, 6.07) is 21.3. The van der Waals surface area contributed by atoms with E-state index in [9.17, 15) is 9.59 Å². The van der Waals surface area contributed by atoms with E-state index in [1.807, 2.05) is 66.7 Å². The van der Waals surface area contributed by atoms with Crippen molar-refractivity contribution in [3.8, 4) is 5.75 Å². The van der Waals surface area contributed by atoms with Crippen LogP contribution in [0.5, 0.6) is 5.75 Å². The summed E-state index contributed by atoms with van der Waals surface area (Å²) in [7, 11) is 0. The number of furan rings is 1. The van der Waals surface area contributed by atoms with Gasteiger partial charge < -0.3 is 14.9 Å². The molecule has 0 spiro atoms. The van der Waals surface area contributed by atoms with Crippen LogP contribution in [0.3, 0.4) is 0 Å². The van der Waals surface area contributed by atoms with Crippen LogP contribution in [-0.2, 0) is 17.8 Å². The normalized spacial score (nSPS) is 11.0. The first-order chi connectivity index (χ1) is 16.4. The van der Waals surface area contributed by atoms with E-state index >= 15 is 0 Å². The van der Waals surface area contributed by atoms with Gasteiger partial charge in [0.1, 0.15) is 23.7 Å². The fourth-order valence-corrected chi connectivity index (χ4v) is 5.74. The lowest BCUT2D eigenvalue weighted by molar-refractivity contribution is -0.118. The van der Waals surface area contributed by atoms with Gasteiger partial charge in [-0.2, -0.15) is 0 Å². The Kier molecular flexibility index (Phi) is 8.25. The Bertz CT molecular complexity index is 1310. The fraction of sp³-hybridized carbons (Fsp3) is 0.185. The first-order valence-electron chi connectivity index (χ1n) is 10.9. The van der Waals surface area contributed by atoms with Crippen molar-refractivity contribution >= 4 is 67.8 Å². The summed E-state index contributed by atoms with van der Waals surface area (Å²) < 4.78 is 14.1. The lowest BCUT2D eigenvalue weighted by Crippen LogP contribution is -2.10. The molecule has 5 nitrogen and oxygen atoms in total. The molecule has 0 atom stereocenters. The van der Waals surface area contributed by atoms with Crippen LogP contribution < -0.4 is 10.5 Å². The monoisotopic (exact) mass is 679 g/mol. The lowest BCUT2D eigenvalue weighted by Gasteiger charge is -2.06. The zero-order valence-corrected chi connectivity index (χ0v) is 22.7. The van der Waals surface area contributed by atoms with Crippen LogP contribution >= 0.6 is 45.2 Å². The quantitative estimate of drug-likeness (QED) is 0.116. The van der Waals surface area contributed by atoms with Gasteiger partial charge in [-0.25, -0.2) is 0 Å². The van der Waals surface area contributed by atoms with Crippen molar-refractivity contribution in [1.82, 2.24) is 0 Å². The molecule has 4 aromatic rings. The van der Waals surface area contributed by atoms with E-state index in [0.717, 1.165) is 18.1 Å². The van der Waals surface area contributed by atoms with Crippen LogP contribution in [0, 0.1) is 7.14 Å². The molecule has 1 heterocycles. The maximum absolute atomic E-state index is 13.6. The maximum Gasteiger partial charge on any atom is 0.217 e. The number of aryl methyl sites for hydroxylation is 1. The second-order valence-electron chi connectivity index (χ2n) is 7.99. The van der Waals surface area contributed by atoms with Crippen molar-refractivity contribution in [2.45, 2.75) is 32.3 Å². The van der Waals surface area contributed by atoms with E-state index in [2.05, 4.69) is 45.2 Å². The minimum atomic E-state index is -0.324. The number of ether oxygens (including phenoxy) is 1. The molecule has 0 aliphatic rings. The van der Waals surface area contributed by atoms with Gasteiger partial charge in [-0.3, -0.25) is 9.59 Å². The van der Waals surface area contributed by atoms with Crippen LogP contribution in [0.15, 0.2) is 71.1 Å². The molecule has 0 saturated carbocycles. The number of fused-ring (bicyclic) bond motifs is 1. The number of amides is 1. The molecule has 0 unspecified atom stereocenters. The number of ketones is 1. The van der Waals surface area contributed by atoms with Gasteiger partial charge in [0.2, 0.25) is 5.91 Å². The third-order valence-corrected chi connectivity index (χ3v) is 6.66. The van der Waals surface area contributed by atoms with E-state index in [4.69, 9.17) is 14.9 Å². The molecule has 2 N–H and O–H groups in total. The van der Waals surface area contributed by atoms with E-state index < -0.39 is 0 Å². The van der Waals surface area contributed by atoms with E-state index in [1.54, 1.807) is 0 Å². The van der Waals surface area contributed by atoms with Crippen LogP contribution in [0.4, 0.5) is 0 Å². The number of primary amides is 1. The first kappa shape index (κ1) is 24.7. The van der Waals surface area contributed by atoms with Crippen molar-refractivity contribution in [3.63, 3.8) is 0 Å². The molecular weight excluding hydrogens is 656 g/mol. The highest BCUT2D eigenvalue weighted by molar-refractivity contribution is 14.1. The number of hydrogen-bond acceptors (Lipinski definition) is 4. The molecule has 0 radical (unpaired) electrons. The summed E-state index contributed by atoms with van der Waals surface area (Å²) in [5.41, 5.74) is 8.15. The molecule has 3 aromatic carbocycles. The maximum atomic E-state index is 13.6. The lowest BCUT2D eigenvalue weighted by atomic mass is 9.98. The topological polar surface area (TPSA) is 82.5 Å². The Balaban J connectivity index is 1.66. The number of halogens is 2. The molecule has 0 saturated heterocycles. The minimum Gasteiger partial charge on any atom is -0.489 e. The van der Waals surface area contributed by atoms with E-state index in [0.29, 0.717) is 60.5 Å². The Morgan fingerprint density at radius 3 is 2.35 bits per heavy atom. The summed E-state index contributed by atoms with van der Waals surface area (Å²) >= 11 is 4.44. The Labute approximate surface area is 225 Å². The van der Waals surface area contributed by atoms with Crippen LogP contribution in [-0.4, -0.2) is 11.7 Å². The molecule has 0 aliphatic heterocycles. The summed E-state index contributed by atoms with van der Waals surface area (Å²) in [4.78, 5) is 24.7. The van der Waals surface area contributed by atoms with Gasteiger partial charge in [-0.15, -0.1) is 0 Å². The van der Waals surface area contributed by atoms with Crippen molar-refractivity contribution in [3.05, 3.63) is 96.3 Å². The zero-order valence-electron chi connectivity index (χ0n) is 18.4. The van der Waals surface area contributed by atoms with Gasteiger partial charge in [0.15, 0.2) is 5.78 Å². The van der Waals surface area contributed by atoms with Gasteiger partial charge in [0.05, 0.1) is 5.56 Å². The zero-order chi connectivity index (χ0) is 24.1. The third-order valence-electron chi connectivity index (χ3n) is 5.41. The summed E-state index contributed by atoms with van der Waals surface area (Å²) in [5.74, 6) is 0.902. The standard InChI is InChI=1S/C27H23I2NO4/c28-19-12-18(13-20(29)14-19)27(32)26-22-11-10-21(33-16-17-6-2-1-3-7-17)15-24(22)34-23(26)8-4-5-9-25(30)31/h1-3,6-7,10-15H,4-5,8-9,16H2,(H2,30,31). The van der Waals surface area contributed by atoms with Crippen LogP contribution in [0.25, 0.3) is 11.0 Å². The number of unbranched alkanes of at least 4 members (excludes halogenated alkanes) is 1. The molecule has 1 aromatic heterocycles. The molecule has 174 valence electrons. The second-order valence-corrected chi connectivity index (χ2v) is 10.5. The highest BCUT2D eigenvalue weighted by atomic mass is 127. The van der Waals surface area contributed by atoms with Gasteiger partial charge in [0.25, 0.3) is 0 Å². The van der Waals surface area contributed by atoms with Crippen molar-refractivity contribution in [1.29, 1.82) is 0 Å². The highest BCUT2D eigenvalue weighted by Gasteiger charge is 2.23. The fourth-order valence-electron chi connectivity index (χ4n) is 3.80. The highest BCUT2D eigenvalue weighted by Crippen LogP contribution is 2.33. The number of rotatable bonds is 10. The molecule has 0 bridgehead atoms. The molecular formula is C27H23I2NO4. The largest absolute Gasteiger partial charge is 0.489 e. The Hall–Kier alpha value is -2.40. The van der Waals surface area contributed by atoms with Crippen molar-refractivity contribution in [2.75, 3.05) is 0 Å². The van der Waals surface area contributed by atoms with Crippen LogP contribution in [0.2, 0.25) is 0 Å². The van der Waals surface area contributed by atoms with Gasteiger partial charge in [-0.1, -0.05) is 30.3 Å². The summed E-state index contributed by atoms with van der Waals surface area (Å²) in [6.45, 7) is 0.444. The molecule has 0 aliphatic carbocycles. The molecule has 4 rings (SSSR count). The SMILES string of the molecule is NC(=O)CCCCc1oc2cc(OCc3ccccc3)ccc2c1C(=O)c1cc(I)cc(I)c1. The summed E-state index contributed by atoms with van der Waals surface area (Å²) in [6.07, 6.45) is 2.21. The number of nitrogens with two attached hydrogens (primary N) is 1. The van der Waals surface area contributed by atoms with Gasteiger partial charge in [-0.05, 0) is 93.9 Å². The number of hydrogen-bond donors (Lipinski definition) is 1. The van der Waals surface area contributed by atoms with Crippen molar-refractivity contribution < 1.29 is 18.7 Å². The van der Waals surface area contributed by atoms with Gasteiger partial charge >= 0.3 is 0 Å². The van der Waals surface area contributed by atoms with E-state index in [1.165, 1.54) is 0 Å². The number of benzene rings is 3. The molecule has 1 amide bonds. The number of carbonyl (C=O) groups excluding carboxylic acids is 2. The average Bonchev–Trinajstić information content (AvgIpc) is 3.17. The predicted molar refractivity (Wildman–Crippen MR) is 149 cm³/mol. The second kappa shape index (κ2) is 11.4. The third kappa shape index (κ3) is 6.18. The first-order valence-corrected chi connectivity index (χ1v) is 13.1. The average molecular weight is 679 g/mol. The molecule has 0 fully saturated rings. The molecule has 7 heteroatoms. The van der Waals surface area contributed by atoms with E-state index in [-0.39, 0.29) is 11.7 Å². The summed E-state index contributed by atoms with van der Waals surface area (Å²) in [5, 5.41) is 0.760. The smallest absolute Gasteiger partial charge is 0.217 e. The van der Waals surface area contributed by atoms with Crippen LogP contribution in [0.1, 0.15) is 46.5 Å². The van der Waals surface area contributed by atoms with Crippen molar-refractivity contribution in [2.24, 2.45) is 5.73 Å². The minimum absolute atomic E-state index is 0.0713. The molecule has 34 heavy (non-hydrogen) atoms. The Morgan fingerprint density at radius 1 is 0.912 bits per heavy atom. The Morgan fingerprint density at radius 2 is 1.65 bits per heavy atom.